The minimum Gasteiger partial charge on any atom is -0.462 e. The average molecular weight is 399 g/mol. The molecule has 8 heteroatoms. The van der Waals surface area contributed by atoms with Crippen molar-refractivity contribution in [1.29, 1.82) is 0 Å². The van der Waals surface area contributed by atoms with Gasteiger partial charge in [0.15, 0.2) is 0 Å². The highest BCUT2D eigenvalue weighted by Crippen LogP contribution is 2.12. The third-order valence-corrected chi connectivity index (χ3v) is 5.52. The van der Waals surface area contributed by atoms with E-state index in [0.717, 1.165) is 11.3 Å². The first-order valence-corrected chi connectivity index (χ1v) is 10.3. The lowest BCUT2D eigenvalue weighted by Crippen LogP contribution is -2.26. The van der Waals surface area contributed by atoms with Gasteiger partial charge in [0.05, 0.1) is 29.0 Å². The van der Waals surface area contributed by atoms with Gasteiger partial charge in [-0.15, -0.1) is 0 Å². The van der Waals surface area contributed by atoms with E-state index in [1.165, 1.54) is 24.3 Å². The monoisotopic (exact) mass is 399 g/mol. The summed E-state index contributed by atoms with van der Waals surface area (Å²) in [6, 6.07) is 15.3. The summed E-state index contributed by atoms with van der Waals surface area (Å²) in [5.74, 6) is -0.477. The number of ether oxygens (including phenoxy) is 1. The van der Waals surface area contributed by atoms with Crippen molar-refractivity contribution in [3.8, 4) is 5.69 Å². The molecule has 0 aliphatic heterocycles. The highest BCUT2D eigenvalue weighted by Gasteiger charge is 2.15. The van der Waals surface area contributed by atoms with Crippen LogP contribution >= 0.6 is 0 Å². The topological polar surface area (TPSA) is 90.3 Å². The fourth-order valence-corrected chi connectivity index (χ4v) is 3.64. The summed E-state index contributed by atoms with van der Waals surface area (Å²) in [4.78, 5) is 11.7. The van der Waals surface area contributed by atoms with Crippen molar-refractivity contribution < 1.29 is 17.9 Å². The molecule has 1 aromatic heterocycles. The Morgan fingerprint density at radius 1 is 1.11 bits per heavy atom. The zero-order valence-corrected chi connectivity index (χ0v) is 16.2. The van der Waals surface area contributed by atoms with Gasteiger partial charge in [-0.05, 0) is 55.3 Å². The molecule has 146 valence electrons. The number of hydrogen-bond donors (Lipinski definition) is 1. The summed E-state index contributed by atoms with van der Waals surface area (Å²) in [6.45, 7) is 2.22. The molecule has 1 heterocycles. The second-order valence-electron chi connectivity index (χ2n) is 6.02. The summed E-state index contributed by atoms with van der Waals surface area (Å²) >= 11 is 0. The number of esters is 1. The number of aromatic nitrogens is 2. The molecule has 28 heavy (non-hydrogen) atoms. The van der Waals surface area contributed by atoms with E-state index in [0.29, 0.717) is 12.0 Å². The molecule has 0 aliphatic carbocycles. The van der Waals surface area contributed by atoms with Crippen LogP contribution in [0.3, 0.4) is 0 Å². The quantitative estimate of drug-likeness (QED) is 0.588. The van der Waals surface area contributed by atoms with E-state index in [4.69, 9.17) is 4.74 Å². The molecule has 7 nitrogen and oxygen atoms in total. The van der Waals surface area contributed by atoms with E-state index < -0.39 is 16.0 Å². The minimum absolute atomic E-state index is 0.0977. The molecular formula is C20H21N3O4S. The van der Waals surface area contributed by atoms with E-state index in [1.54, 1.807) is 17.8 Å². The Kier molecular flexibility index (Phi) is 6.23. The van der Waals surface area contributed by atoms with Crippen LogP contribution in [0, 0.1) is 0 Å². The number of nitrogens with zero attached hydrogens (tertiary/aromatic N) is 2. The SMILES string of the molecule is CCOC(=O)c1ccc(S(=O)(=O)NCCc2cnn(-c3ccccc3)c2)cc1. The Hall–Kier alpha value is -2.97. The molecule has 0 unspecified atom stereocenters. The predicted molar refractivity (Wildman–Crippen MR) is 105 cm³/mol. The number of carbonyl (C=O) groups is 1. The van der Waals surface area contributed by atoms with Crippen molar-refractivity contribution >= 4 is 16.0 Å². The van der Waals surface area contributed by atoms with Crippen LogP contribution in [0.25, 0.3) is 5.69 Å². The maximum absolute atomic E-state index is 12.4. The molecule has 0 atom stereocenters. The van der Waals surface area contributed by atoms with E-state index in [2.05, 4.69) is 9.82 Å². The van der Waals surface area contributed by atoms with E-state index in [9.17, 15) is 13.2 Å². The number of carbonyl (C=O) groups excluding carboxylic acids is 1. The first-order valence-electron chi connectivity index (χ1n) is 8.85. The average Bonchev–Trinajstić information content (AvgIpc) is 3.18. The Morgan fingerprint density at radius 3 is 2.50 bits per heavy atom. The summed E-state index contributed by atoms with van der Waals surface area (Å²) in [7, 11) is -3.66. The fourth-order valence-electron chi connectivity index (χ4n) is 2.61. The standard InChI is InChI=1S/C20H21N3O4S/c1-2-27-20(24)17-8-10-19(11-9-17)28(25,26)22-13-12-16-14-21-23(15-16)18-6-4-3-5-7-18/h3-11,14-15,22H,2,12-13H2,1H3. The molecule has 0 amide bonds. The van der Waals surface area contributed by atoms with Gasteiger partial charge >= 0.3 is 5.97 Å². The summed E-state index contributed by atoms with van der Waals surface area (Å²) in [6.07, 6.45) is 4.10. The lowest BCUT2D eigenvalue weighted by molar-refractivity contribution is 0.0526. The van der Waals surface area contributed by atoms with Crippen LogP contribution in [0.5, 0.6) is 0 Å². The Balaban J connectivity index is 1.58. The zero-order valence-electron chi connectivity index (χ0n) is 15.4. The zero-order chi connectivity index (χ0) is 20.0. The maximum Gasteiger partial charge on any atom is 0.338 e. The second-order valence-corrected chi connectivity index (χ2v) is 7.79. The molecule has 0 fully saturated rings. The summed E-state index contributed by atoms with van der Waals surface area (Å²) < 4.78 is 34.0. The number of hydrogen-bond acceptors (Lipinski definition) is 5. The van der Waals surface area contributed by atoms with Crippen LogP contribution < -0.4 is 4.72 Å². The van der Waals surface area contributed by atoms with Crippen molar-refractivity contribution in [2.75, 3.05) is 13.2 Å². The lowest BCUT2D eigenvalue weighted by Gasteiger charge is -2.07. The predicted octanol–water partition coefficient (Wildman–Crippen LogP) is 2.57. The van der Waals surface area contributed by atoms with Crippen LogP contribution in [0.1, 0.15) is 22.8 Å². The molecule has 1 N–H and O–H groups in total. The second kappa shape index (κ2) is 8.81. The molecule has 0 spiro atoms. The molecule has 0 saturated heterocycles. The summed E-state index contributed by atoms with van der Waals surface area (Å²) in [5, 5.41) is 4.30. The van der Waals surface area contributed by atoms with Crippen molar-refractivity contribution in [1.82, 2.24) is 14.5 Å². The van der Waals surface area contributed by atoms with Gasteiger partial charge in [0.25, 0.3) is 0 Å². The fraction of sp³-hybridized carbons (Fsp3) is 0.200. The number of rotatable bonds is 8. The maximum atomic E-state index is 12.4. The van der Waals surface area contributed by atoms with Crippen molar-refractivity contribution in [2.45, 2.75) is 18.2 Å². The van der Waals surface area contributed by atoms with Crippen LogP contribution in [-0.2, 0) is 21.2 Å². The third kappa shape index (κ3) is 4.85. The molecule has 0 aliphatic rings. The molecule has 0 radical (unpaired) electrons. The van der Waals surface area contributed by atoms with Gasteiger partial charge in [-0.2, -0.15) is 5.10 Å². The van der Waals surface area contributed by atoms with Crippen LogP contribution in [0.4, 0.5) is 0 Å². The first kappa shape index (κ1) is 19.8. The third-order valence-electron chi connectivity index (χ3n) is 4.04. The Morgan fingerprint density at radius 2 is 1.82 bits per heavy atom. The van der Waals surface area contributed by atoms with Crippen molar-refractivity contribution in [2.24, 2.45) is 0 Å². The van der Waals surface area contributed by atoms with Gasteiger partial charge in [-0.1, -0.05) is 18.2 Å². The molecule has 3 aromatic rings. The van der Waals surface area contributed by atoms with E-state index in [-0.39, 0.29) is 18.0 Å². The van der Waals surface area contributed by atoms with Crippen molar-refractivity contribution in [3.63, 3.8) is 0 Å². The van der Waals surface area contributed by atoms with Gasteiger partial charge in [0.2, 0.25) is 10.0 Å². The largest absolute Gasteiger partial charge is 0.462 e. The molecule has 0 saturated carbocycles. The van der Waals surface area contributed by atoms with Gasteiger partial charge in [0.1, 0.15) is 0 Å². The highest BCUT2D eigenvalue weighted by molar-refractivity contribution is 7.89. The number of para-hydroxylation sites is 1. The Bertz CT molecular complexity index is 1030. The lowest BCUT2D eigenvalue weighted by atomic mass is 10.2. The van der Waals surface area contributed by atoms with Crippen molar-refractivity contribution in [3.05, 3.63) is 78.1 Å². The van der Waals surface area contributed by atoms with Crippen LogP contribution in [0.2, 0.25) is 0 Å². The van der Waals surface area contributed by atoms with Gasteiger partial charge < -0.3 is 4.74 Å². The Labute approximate surface area is 164 Å². The molecule has 0 bridgehead atoms. The number of sulfonamides is 1. The highest BCUT2D eigenvalue weighted by atomic mass is 32.2. The van der Waals surface area contributed by atoms with E-state index >= 15 is 0 Å². The first-order chi connectivity index (χ1) is 13.5. The summed E-state index contributed by atoms with van der Waals surface area (Å²) in [5.41, 5.74) is 2.18. The van der Waals surface area contributed by atoms with E-state index in [1.807, 2.05) is 36.5 Å². The van der Waals surface area contributed by atoms with Gasteiger partial charge in [0, 0.05) is 12.7 Å². The molecule has 2 aromatic carbocycles. The van der Waals surface area contributed by atoms with Gasteiger partial charge in [-0.25, -0.2) is 22.6 Å². The smallest absolute Gasteiger partial charge is 0.338 e. The normalized spacial score (nSPS) is 11.3. The van der Waals surface area contributed by atoms with Gasteiger partial charge in [-0.3, -0.25) is 0 Å². The van der Waals surface area contributed by atoms with Crippen LogP contribution in [-0.4, -0.2) is 37.3 Å². The number of benzene rings is 2. The number of nitrogens with one attached hydrogen (secondary N) is 1. The molecular weight excluding hydrogens is 378 g/mol. The molecule has 3 rings (SSSR count). The minimum atomic E-state index is -3.66. The van der Waals surface area contributed by atoms with Crippen LogP contribution in [0.15, 0.2) is 71.9 Å².